The van der Waals surface area contributed by atoms with Gasteiger partial charge in [0.05, 0.1) is 28.7 Å². The molecular formula is C28H31FN4O. The highest BCUT2D eigenvalue weighted by Gasteiger charge is 2.21. The van der Waals surface area contributed by atoms with Gasteiger partial charge < -0.3 is 19.5 Å². The van der Waals surface area contributed by atoms with E-state index in [1.807, 2.05) is 42.5 Å². The lowest BCUT2D eigenvalue weighted by Crippen LogP contribution is -2.40. The summed E-state index contributed by atoms with van der Waals surface area (Å²) in [7, 11) is -2.43. The van der Waals surface area contributed by atoms with Gasteiger partial charge in [0.25, 0.3) is 0 Å². The molecule has 2 heterocycles. The van der Waals surface area contributed by atoms with Crippen molar-refractivity contribution in [2.45, 2.75) is 31.8 Å². The molecule has 0 aliphatic carbocycles. The van der Waals surface area contributed by atoms with Crippen LogP contribution in [-0.2, 0) is 13.0 Å². The Morgan fingerprint density at radius 1 is 1.00 bits per heavy atom. The molecule has 5 nitrogen and oxygen atoms in total. The van der Waals surface area contributed by atoms with E-state index in [2.05, 4.69) is 20.9 Å². The van der Waals surface area contributed by atoms with Crippen LogP contribution in [-0.4, -0.2) is 47.2 Å². The standard InChI is InChI=1S/C28H31FN4O/c1-34-25-12-8-21(9-13-25)14-17-32-18-15-24(16-19-32)30-28-31-26-4-2-3-5-27(26)33(28)20-22-6-10-23(29)11-7-22/h2-13,24H,14-20H2,1H3,(H,30,31)/i1D3. The number of hydrogen-bond acceptors (Lipinski definition) is 4. The predicted molar refractivity (Wildman–Crippen MR) is 135 cm³/mol. The van der Waals surface area contributed by atoms with Crippen LogP contribution in [0.5, 0.6) is 5.75 Å². The molecule has 5 rings (SSSR count). The van der Waals surface area contributed by atoms with E-state index in [0.29, 0.717) is 18.3 Å². The minimum Gasteiger partial charge on any atom is -0.497 e. The molecule has 6 heteroatoms. The van der Waals surface area contributed by atoms with Gasteiger partial charge in [-0.05, 0) is 66.8 Å². The maximum absolute atomic E-state index is 13.4. The maximum atomic E-state index is 13.4. The Morgan fingerprint density at radius 2 is 1.74 bits per heavy atom. The van der Waals surface area contributed by atoms with E-state index >= 15 is 0 Å². The molecule has 34 heavy (non-hydrogen) atoms. The van der Waals surface area contributed by atoms with Crippen LogP contribution in [0.15, 0.2) is 72.8 Å². The van der Waals surface area contributed by atoms with E-state index in [-0.39, 0.29) is 5.82 Å². The average molecular weight is 462 g/mol. The summed E-state index contributed by atoms with van der Waals surface area (Å²) < 4.78 is 42.1. The zero-order valence-corrected chi connectivity index (χ0v) is 19.1. The van der Waals surface area contributed by atoms with E-state index in [9.17, 15) is 4.39 Å². The van der Waals surface area contributed by atoms with E-state index < -0.39 is 7.04 Å². The van der Waals surface area contributed by atoms with Gasteiger partial charge in [-0.15, -0.1) is 0 Å². The largest absolute Gasteiger partial charge is 0.497 e. The zero-order chi connectivity index (χ0) is 25.8. The van der Waals surface area contributed by atoms with E-state index in [1.165, 1.54) is 12.1 Å². The van der Waals surface area contributed by atoms with Crippen molar-refractivity contribution in [3.05, 3.63) is 89.7 Å². The number of ether oxygens (including phenoxy) is 1. The molecule has 0 radical (unpaired) electrons. The van der Waals surface area contributed by atoms with Crippen LogP contribution < -0.4 is 10.1 Å². The van der Waals surface area contributed by atoms with Crippen LogP contribution in [0.2, 0.25) is 0 Å². The summed E-state index contributed by atoms with van der Waals surface area (Å²) in [5, 5.41) is 3.68. The first kappa shape index (κ1) is 19.0. The fourth-order valence-corrected chi connectivity index (χ4v) is 4.61. The first-order valence-corrected chi connectivity index (χ1v) is 11.8. The number of para-hydroxylation sites is 2. The minimum atomic E-state index is -2.43. The number of halogens is 1. The Labute approximate surface area is 204 Å². The molecule has 0 spiro atoms. The highest BCUT2D eigenvalue weighted by atomic mass is 19.1. The van der Waals surface area contributed by atoms with Gasteiger partial charge in [0.2, 0.25) is 5.95 Å². The number of aromatic nitrogens is 2. The lowest BCUT2D eigenvalue weighted by molar-refractivity contribution is 0.221. The molecule has 0 saturated carbocycles. The van der Waals surface area contributed by atoms with Crippen LogP contribution in [0.25, 0.3) is 11.0 Å². The summed E-state index contributed by atoms with van der Waals surface area (Å²) in [6.07, 6.45) is 2.94. The topological polar surface area (TPSA) is 42.3 Å². The fourth-order valence-electron chi connectivity index (χ4n) is 4.61. The molecule has 0 bridgehead atoms. The summed E-state index contributed by atoms with van der Waals surface area (Å²) >= 11 is 0. The highest BCUT2D eigenvalue weighted by Crippen LogP contribution is 2.24. The lowest BCUT2D eigenvalue weighted by Gasteiger charge is -2.32. The van der Waals surface area contributed by atoms with Gasteiger partial charge in [-0.2, -0.15) is 0 Å². The number of methoxy groups -OCH3 is 1. The monoisotopic (exact) mass is 461 g/mol. The quantitative estimate of drug-likeness (QED) is 0.384. The molecule has 0 atom stereocenters. The molecule has 1 N–H and O–H groups in total. The number of rotatable bonds is 8. The Bertz CT molecular complexity index is 1310. The molecule has 0 unspecified atom stereocenters. The molecule has 1 aromatic heterocycles. The van der Waals surface area contributed by atoms with Crippen LogP contribution in [0.4, 0.5) is 10.3 Å². The predicted octanol–water partition coefficient (Wildman–Crippen LogP) is 5.35. The third-order valence-electron chi connectivity index (χ3n) is 6.59. The van der Waals surface area contributed by atoms with Crippen molar-refractivity contribution in [1.29, 1.82) is 0 Å². The Kier molecular flexibility index (Phi) is 5.73. The molecule has 176 valence electrons. The number of piperidine rings is 1. The lowest BCUT2D eigenvalue weighted by atomic mass is 10.0. The molecule has 1 aliphatic heterocycles. The first-order chi connectivity index (χ1) is 17.8. The van der Waals surface area contributed by atoms with Gasteiger partial charge in [0.15, 0.2) is 0 Å². The number of imidazole rings is 1. The van der Waals surface area contributed by atoms with Gasteiger partial charge in [0.1, 0.15) is 11.6 Å². The number of benzene rings is 3. The van der Waals surface area contributed by atoms with E-state index in [4.69, 9.17) is 13.8 Å². The van der Waals surface area contributed by atoms with Gasteiger partial charge in [-0.3, -0.25) is 0 Å². The van der Waals surface area contributed by atoms with Gasteiger partial charge in [-0.25, -0.2) is 9.37 Å². The Balaban J connectivity index is 1.17. The second-order valence-electron chi connectivity index (χ2n) is 8.89. The smallest absolute Gasteiger partial charge is 0.204 e. The van der Waals surface area contributed by atoms with Crippen molar-refractivity contribution >= 4 is 17.0 Å². The third-order valence-corrected chi connectivity index (χ3v) is 6.59. The van der Waals surface area contributed by atoms with E-state index in [1.54, 1.807) is 12.1 Å². The van der Waals surface area contributed by atoms with Crippen molar-refractivity contribution in [1.82, 2.24) is 14.5 Å². The summed E-state index contributed by atoms with van der Waals surface area (Å²) in [5.74, 6) is 0.980. The van der Waals surface area contributed by atoms with Gasteiger partial charge in [-0.1, -0.05) is 36.4 Å². The van der Waals surface area contributed by atoms with E-state index in [0.717, 1.165) is 67.0 Å². The summed E-state index contributed by atoms with van der Waals surface area (Å²) in [6, 6.07) is 22.4. The number of nitrogens with one attached hydrogen (secondary N) is 1. The molecule has 1 fully saturated rings. The summed E-state index contributed by atoms with van der Waals surface area (Å²) in [4.78, 5) is 7.33. The number of hydrogen-bond donors (Lipinski definition) is 1. The molecule has 1 saturated heterocycles. The van der Waals surface area contributed by atoms with Gasteiger partial charge >= 0.3 is 0 Å². The fraction of sp³-hybridized carbons (Fsp3) is 0.321. The van der Waals surface area contributed by atoms with Gasteiger partial charge in [0, 0.05) is 25.7 Å². The normalized spacial score (nSPS) is 16.7. The first-order valence-electron chi connectivity index (χ1n) is 13.3. The van der Waals surface area contributed by atoms with Crippen molar-refractivity contribution in [3.63, 3.8) is 0 Å². The minimum absolute atomic E-state index is 0.233. The SMILES string of the molecule is [2H]C([2H])([2H])Oc1ccc(CCN2CCC(Nc3nc4ccccc4n3Cc3ccc(F)cc3)CC2)cc1. The molecule has 0 amide bonds. The number of likely N-dealkylation sites (tertiary alicyclic amines) is 1. The number of fused-ring (bicyclic) bond motifs is 1. The van der Waals surface area contributed by atoms with Crippen molar-refractivity contribution in [3.8, 4) is 5.75 Å². The summed E-state index contributed by atoms with van der Waals surface area (Å²) in [5.41, 5.74) is 4.19. The second kappa shape index (κ2) is 10.3. The Morgan fingerprint density at radius 3 is 2.50 bits per heavy atom. The molecule has 3 aromatic carbocycles. The van der Waals surface area contributed by atoms with Crippen molar-refractivity contribution < 1.29 is 13.2 Å². The highest BCUT2D eigenvalue weighted by molar-refractivity contribution is 5.78. The van der Waals surface area contributed by atoms with Crippen LogP contribution in [0, 0.1) is 5.82 Å². The Hall–Kier alpha value is -3.38. The zero-order valence-electron chi connectivity index (χ0n) is 22.1. The number of nitrogens with zero attached hydrogens (tertiary/aromatic N) is 3. The third kappa shape index (κ3) is 5.23. The maximum Gasteiger partial charge on any atom is 0.204 e. The van der Waals surface area contributed by atoms with Crippen LogP contribution >= 0.6 is 0 Å². The van der Waals surface area contributed by atoms with Crippen molar-refractivity contribution in [2.24, 2.45) is 0 Å². The van der Waals surface area contributed by atoms with Crippen LogP contribution in [0.3, 0.4) is 0 Å². The average Bonchev–Trinajstić information content (AvgIpc) is 3.21. The molecular weight excluding hydrogens is 427 g/mol. The van der Waals surface area contributed by atoms with Crippen molar-refractivity contribution in [2.75, 3.05) is 32.0 Å². The summed E-state index contributed by atoms with van der Waals surface area (Å²) in [6.45, 7) is 3.57. The number of anilines is 1. The van der Waals surface area contributed by atoms with Crippen LogP contribution in [0.1, 0.15) is 28.1 Å². The molecule has 4 aromatic rings. The molecule has 1 aliphatic rings. The second-order valence-corrected chi connectivity index (χ2v) is 8.89.